The van der Waals surface area contributed by atoms with Crippen molar-refractivity contribution in [2.45, 2.75) is 111 Å². The van der Waals surface area contributed by atoms with E-state index in [0.29, 0.717) is 28.8 Å². The number of nitrogens with zero attached hydrogens (tertiary/aromatic N) is 1. The van der Waals surface area contributed by atoms with E-state index in [9.17, 15) is 4.79 Å². The average molecular weight is 457 g/mol. The molecule has 0 aromatic rings. The summed E-state index contributed by atoms with van der Waals surface area (Å²) < 4.78 is 0. The van der Waals surface area contributed by atoms with E-state index in [1.165, 1.54) is 63.4 Å². The van der Waals surface area contributed by atoms with Crippen molar-refractivity contribution in [3.8, 4) is 0 Å². The lowest BCUT2D eigenvalue weighted by atomic mass is 9.44. The summed E-state index contributed by atoms with van der Waals surface area (Å²) in [4.78, 5) is 15.1. The zero-order valence-corrected chi connectivity index (χ0v) is 22.9. The van der Waals surface area contributed by atoms with Gasteiger partial charge in [0.2, 0.25) is 5.91 Å². The Hall–Kier alpha value is -0.830. The minimum absolute atomic E-state index is 0.129. The first-order chi connectivity index (χ1) is 15.5. The Bertz CT molecular complexity index is 756. The fourth-order valence-electron chi connectivity index (χ4n) is 9.20. The van der Waals surface area contributed by atoms with E-state index in [4.69, 9.17) is 0 Å². The van der Waals surface area contributed by atoms with Gasteiger partial charge in [0, 0.05) is 18.2 Å². The van der Waals surface area contributed by atoms with Crippen LogP contribution in [0.1, 0.15) is 99.3 Å². The van der Waals surface area contributed by atoms with Gasteiger partial charge in [-0.05, 0) is 132 Å². The van der Waals surface area contributed by atoms with Crippen LogP contribution < -0.4 is 5.32 Å². The van der Waals surface area contributed by atoms with Gasteiger partial charge in [-0.1, -0.05) is 33.3 Å². The third kappa shape index (κ3) is 4.45. The first-order valence-electron chi connectivity index (χ1n) is 14.1. The van der Waals surface area contributed by atoms with Crippen molar-refractivity contribution in [1.29, 1.82) is 0 Å². The molecule has 0 saturated heterocycles. The highest BCUT2D eigenvalue weighted by atomic mass is 16.1. The van der Waals surface area contributed by atoms with Crippen molar-refractivity contribution in [2.75, 3.05) is 14.1 Å². The molecule has 0 spiro atoms. The fraction of sp³-hybridized carbons (Fsp3) is 0.900. The Balaban J connectivity index is 1.43. The van der Waals surface area contributed by atoms with Crippen LogP contribution >= 0.6 is 0 Å². The average Bonchev–Trinajstić information content (AvgIpc) is 3.10. The van der Waals surface area contributed by atoms with Crippen LogP contribution in [0.25, 0.3) is 0 Å². The molecule has 3 nitrogen and oxygen atoms in total. The Labute approximate surface area is 204 Å². The SMILES string of the molecule is C/C(=C/C(=O)N[C@H]1CC[C@@]2(C)[C@@H](CC[C@@H]3[C@@H]2CC[C@]2(C)[C@@H]([C@H](C)N(C)C)CC[C@@H]32)C1)C(C)C. The molecular weight excluding hydrogens is 404 g/mol. The molecule has 33 heavy (non-hydrogen) atoms. The largest absolute Gasteiger partial charge is 0.350 e. The minimum Gasteiger partial charge on any atom is -0.350 e. The maximum Gasteiger partial charge on any atom is 0.244 e. The van der Waals surface area contributed by atoms with Crippen LogP contribution in [0.3, 0.4) is 0 Å². The van der Waals surface area contributed by atoms with Crippen molar-refractivity contribution >= 4 is 5.91 Å². The van der Waals surface area contributed by atoms with Gasteiger partial charge >= 0.3 is 0 Å². The second-order valence-corrected chi connectivity index (χ2v) is 13.6. The monoisotopic (exact) mass is 456 g/mol. The van der Waals surface area contributed by atoms with Gasteiger partial charge in [0.15, 0.2) is 0 Å². The Morgan fingerprint density at radius 3 is 2.27 bits per heavy atom. The maximum atomic E-state index is 12.6. The standard InChI is InChI=1S/C30H52N2O/c1-19(2)20(3)17-28(33)31-23-13-15-29(5)22(18-23)9-10-24-26-12-11-25(21(4)32(7)8)30(26,6)16-14-27(24)29/h17,19,21-27H,9-16,18H2,1-8H3,(H,31,33)/b20-17-/t21-,22-,23-,24-,25+,26-,27-,29-,30+/m0/s1. The number of carbonyl (C=O) groups is 1. The first kappa shape index (κ1) is 25.3. The number of hydrogen-bond donors (Lipinski definition) is 1. The normalized spacial score (nSPS) is 44.2. The molecule has 1 amide bonds. The number of hydrogen-bond acceptors (Lipinski definition) is 2. The number of nitrogens with one attached hydrogen (secondary N) is 1. The molecule has 4 aliphatic rings. The molecule has 0 aliphatic heterocycles. The van der Waals surface area contributed by atoms with E-state index >= 15 is 0 Å². The van der Waals surface area contributed by atoms with Crippen molar-refractivity contribution < 1.29 is 4.79 Å². The molecule has 4 fully saturated rings. The van der Waals surface area contributed by atoms with E-state index in [2.05, 4.69) is 65.9 Å². The van der Waals surface area contributed by atoms with E-state index in [0.717, 1.165) is 29.6 Å². The molecule has 0 bridgehead atoms. The van der Waals surface area contributed by atoms with Gasteiger partial charge in [-0.2, -0.15) is 0 Å². The summed E-state index contributed by atoms with van der Waals surface area (Å²) >= 11 is 0. The van der Waals surface area contributed by atoms with Gasteiger partial charge in [-0.15, -0.1) is 0 Å². The third-order valence-electron chi connectivity index (χ3n) is 11.8. The first-order valence-corrected chi connectivity index (χ1v) is 14.1. The van der Waals surface area contributed by atoms with Crippen LogP contribution in [0.4, 0.5) is 0 Å². The summed E-state index contributed by atoms with van der Waals surface area (Å²) in [5, 5.41) is 3.38. The van der Waals surface area contributed by atoms with Crippen LogP contribution in [-0.2, 0) is 4.79 Å². The maximum absolute atomic E-state index is 12.6. The van der Waals surface area contributed by atoms with Gasteiger partial charge in [0.25, 0.3) is 0 Å². The van der Waals surface area contributed by atoms with Gasteiger partial charge in [-0.3, -0.25) is 4.79 Å². The van der Waals surface area contributed by atoms with Crippen molar-refractivity contribution in [1.82, 2.24) is 10.2 Å². The van der Waals surface area contributed by atoms with Crippen LogP contribution in [0, 0.1) is 46.3 Å². The Morgan fingerprint density at radius 1 is 0.939 bits per heavy atom. The molecule has 188 valence electrons. The summed E-state index contributed by atoms with van der Waals surface area (Å²) in [6, 6.07) is 1.06. The minimum atomic E-state index is 0.129. The van der Waals surface area contributed by atoms with Crippen LogP contribution in [0.5, 0.6) is 0 Å². The smallest absolute Gasteiger partial charge is 0.244 e. The van der Waals surface area contributed by atoms with Crippen LogP contribution in [0.15, 0.2) is 11.6 Å². The molecule has 3 heteroatoms. The zero-order chi connectivity index (χ0) is 24.1. The van der Waals surface area contributed by atoms with Crippen molar-refractivity contribution in [3.63, 3.8) is 0 Å². The van der Waals surface area contributed by atoms with E-state index in [1.807, 2.05) is 6.08 Å². The highest BCUT2D eigenvalue weighted by Crippen LogP contribution is 2.67. The van der Waals surface area contributed by atoms with E-state index in [-0.39, 0.29) is 5.91 Å². The molecule has 0 aromatic heterocycles. The molecule has 4 saturated carbocycles. The lowest BCUT2D eigenvalue weighted by molar-refractivity contribution is -0.125. The number of carbonyl (C=O) groups excluding carboxylic acids is 1. The number of amides is 1. The fourth-order valence-corrected chi connectivity index (χ4v) is 9.20. The number of fused-ring (bicyclic) bond motifs is 5. The van der Waals surface area contributed by atoms with Gasteiger partial charge in [0.05, 0.1) is 0 Å². The molecule has 4 rings (SSSR count). The topological polar surface area (TPSA) is 32.3 Å². The van der Waals surface area contributed by atoms with Gasteiger partial charge in [-0.25, -0.2) is 0 Å². The highest BCUT2D eigenvalue weighted by Gasteiger charge is 2.60. The molecule has 1 N–H and O–H groups in total. The Kier molecular flexibility index (Phi) is 7.14. The van der Waals surface area contributed by atoms with Crippen molar-refractivity contribution in [2.24, 2.45) is 46.3 Å². The van der Waals surface area contributed by atoms with Crippen LogP contribution in [0.2, 0.25) is 0 Å². The van der Waals surface area contributed by atoms with Crippen molar-refractivity contribution in [3.05, 3.63) is 11.6 Å². The predicted molar refractivity (Wildman–Crippen MR) is 139 cm³/mol. The van der Waals surface area contributed by atoms with Crippen LogP contribution in [-0.4, -0.2) is 37.0 Å². The highest BCUT2D eigenvalue weighted by molar-refractivity contribution is 5.88. The van der Waals surface area contributed by atoms with E-state index in [1.54, 1.807) is 0 Å². The number of rotatable bonds is 5. The molecule has 0 aromatic carbocycles. The number of allylic oxidation sites excluding steroid dienone is 1. The van der Waals surface area contributed by atoms with Gasteiger partial charge in [0.1, 0.15) is 0 Å². The third-order valence-corrected chi connectivity index (χ3v) is 11.8. The summed E-state index contributed by atoms with van der Waals surface area (Å²) in [5.41, 5.74) is 2.21. The molecular formula is C30H52N2O. The summed E-state index contributed by atoms with van der Waals surface area (Å²) in [5.74, 6) is 4.99. The molecule has 0 heterocycles. The lowest BCUT2D eigenvalue weighted by Gasteiger charge is -2.61. The quantitative estimate of drug-likeness (QED) is 0.468. The molecule has 4 aliphatic carbocycles. The molecule has 9 atom stereocenters. The lowest BCUT2D eigenvalue weighted by Crippen LogP contribution is -2.56. The second-order valence-electron chi connectivity index (χ2n) is 13.6. The Morgan fingerprint density at radius 2 is 1.61 bits per heavy atom. The van der Waals surface area contributed by atoms with Gasteiger partial charge < -0.3 is 10.2 Å². The molecule has 0 radical (unpaired) electrons. The summed E-state index contributed by atoms with van der Waals surface area (Å²) in [7, 11) is 4.55. The second kappa shape index (κ2) is 9.32. The van der Waals surface area contributed by atoms with E-state index < -0.39 is 0 Å². The zero-order valence-electron chi connectivity index (χ0n) is 22.9. The summed E-state index contributed by atoms with van der Waals surface area (Å²) in [6.07, 6.45) is 14.1. The predicted octanol–water partition coefficient (Wildman–Crippen LogP) is 6.68. The molecule has 0 unspecified atom stereocenters. The summed E-state index contributed by atoms with van der Waals surface area (Å²) in [6.45, 7) is 14.2.